The van der Waals surface area contributed by atoms with Crippen LogP contribution < -0.4 is 0 Å². The number of esters is 2. The summed E-state index contributed by atoms with van der Waals surface area (Å²) in [6.45, 7) is 7.92. The molecule has 2 saturated carbocycles. The van der Waals surface area contributed by atoms with Gasteiger partial charge in [0.1, 0.15) is 18.0 Å². The van der Waals surface area contributed by atoms with E-state index in [0.717, 1.165) is 7.11 Å². The molecule has 0 spiro atoms. The molecule has 0 aromatic carbocycles. The van der Waals surface area contributed by atoms with Crippen molar-refractivity contribution in [3.8, 4) is 0 Å². The van der Waals surface area contributed by atoms with Gasteiger partial charge in [-0.1, -0.05) is 20.1 Å². The zero-order chi connectivity index (χ0) is 22.1. The minimum atomic E-state index is -1.54. The van der Waals surface area contributed by atoms with E-state index in [1.165, 1.54) is 0 Å². The van der Waals surface area contributed by atoms with Gasteiger partial charge in [-0.3, -0.25) is 4.79 Å². The Morgan fingerprint density at radius 2 is 1.90 bits per heavy atom. The Bertz CT molecular complexity index is 715. The van der Waals surface area contributed by atoms with Gasteiger partial charge in [0.15, 0.2) is 0 Å². The predicted molar refractivity (Wildman–Crippen MR) is 99.2 cm³/mol. The van der Waals surface area contributed by atoms with E-state index in [4.69, 9.17) is 9.84 Å². The molecule has 0 saturated heterocycles. The second kappa shape index (κ2) is 8.74. The molecule has 9 nitrogen and oxygen atoms in total. The lowest BCUT2D eigenvalue weighted by Crippen LogP contribution is -2.62. The summed E-state index contributed by atoms with van der Waals surface area (Å²) in [5.74, 6) is -4.25. The van der Waals surface area contributed by atoms with E-state index < -0.39 is 65.8 Å². The third-order valence-corrected chi connectivity index (χ3v) is 6.18. The predicted octanol–water partition coefficient (Wildman–Crippen LogP) is -0.736. The fourth-order valence-corrected chi connectivity index (χ4v) is 4.44. The Kier molecular flexibility index (Phi) is 7.00. The lowest BCUT2D eigenvalue weighted by Gasteiger charge is -2.54. The lowest BCUT2D eigenvalue weighted by molar-refractivity contribution is -0.189. The monoisotopic (exact) mass is 412 g/mol. The summed E-state index contributed by atoms with van der Waals surface area (Å²) in [5, 5.41) is 40.2. The lowest BCUT2D eigenvalue weighted by atomic mass is 9.53. The molecule has 4 N–H and O–H groups in total. The zero-order valence-corrected chi connectivity index (χ0v) is 16.5. The Balaban J connectivity index is 2.42. The summed E-state index contributed by atoms with van der Waals surface area (Å²) in [5.41, 5.74) is -1.68. The maximum atomic E-state index is 12.6. The summed E-state index contributed by atoms with van der Waals surface area (Å²) >= 11 is 0. The SMILES string of the molecule is C=C(C(=O)OC)[C@H]1[C@@H](O)[C@H]2C(=O)CC[C@@H](O)[C@@]2(C)C[C@H]1OC(=O)C(=C)[C@@H](O)CO. The van der Waals surface area contributed by atoms with Crippen molar-refractivity contribution >= 4 is 17.7 Å². The number of aliphatic hydroxyl groups excluding tert-OH is 4. The number of aliphatic hydroxyl groups is 4. The van der Waals surface area contributed by atoms with Crippen LogP contribution in [0.25, 0.3) is 0 Å². The molecule has 0 aliphatic heterocycles. The molecule has 2 fully saturated rings. The number of hydrogen-bond acceptors (Lipinski definition) is 9. The fraction of sp³-hybridized carbons (Fsp3) is 0.650. The van der Waals surface area contributed by atoms with Gasteiger partial charge in [-0.05, 0) is 12.8 Å². The van der Waals surface area contributed by atoms with Gasteiger partial charge in [0.25, 0.3) is 0 Å². The number of Topliss-reactive ketones (excluding diaryl/α,β-unsaturated/α-hetero) is 1. The summed E-state index contributed by atoms with van der Waals surface area (Å²) in [4.78, 5) is 37.0. The van der Waals surface area contributed by atoms with Gasteiger partial charge in [0, 0.05) is 17.4 Å². The van der Waals surface area contributed by atoms with E-state index in [2.05, 4.69) is 17.9 Å². The number of ketones is 1. The highest BCUT2D eigenvalue weighted by molar-refractivity contribution is 5.91. The molecule has 0 amide bonds. The third kappa shape index (κ3) is 4.13. The molecule has 2 aliphatic carbocycles. The number of methoxy groups -OCH3 is 1. The highest BCUT2D eigenvalue weighted by atomic mass is 16.5. The highest BCUT2D eigenvalue weighted by Crippen LogP contribution is 2.52. The van der Waals surface area contributed by atoms with E-state index >= 15 is 0 Å². The molecular weight excluding hydrogens is 384 g/mol. The largest absolute Gasteiger partial charge is 0.466 e. The van der Waals surface area contributed by atoms with Crippen LogP contribution in [0.15, 0.2) is 24.3 Å². The minimum absolute atomic E-state index is 0.0312. The van der Waals surface area contributed by atoms with Crippen LogP contribution in [0, 0.1) is 17.3 Å². The highest BCUT2D eigenvalue weighted by Gasteiger charge is 2.60. The van der Waals surface area contributed by atoms with Gasteiger partial charge >= 0.3 is 11.9 Å². The van der Waals surface area contributed by atoms with Crippen LogP contribution in [0.5, 0.6) is 0 Å². The average molecular weight is 412 g/mol. The zero-order valence-electron chi connectivity index (χ0n) is 16.5. The van der Waals surface area contributed by atoms with Gasteiger partial charge in [0.05, 0.1) is 43.3 Å². The molecule has 0 radical (unpaired) electrons. The van der Waals surface area contributed by atoms with Gasteiger partial charge in [-0.2, -0.15) is 0 Å². The second-order valence-corrected chi connectivity index (χ2v) is 7.91. The maximum absolute atomic E-state index is 12.6. The van der Waals surface area contributed by atoms with E-state index in [-0.39, 0.29) is 30.6 Å². The first kappa shape index (κ1) is 23.2. The van der Waals surface area contributed by atoms with E-state index in [1.807, 2.05) is 0 Å². The summed E-state index contributed by atoms with van der Waals surface area (Å²) < 4.78 is 10.1. The molecule has 9 heteroatoms. The first-order valence-corrected chi connectivity index (χ1v) is 9.34. The number of fused-ring (bicyclic) bond motifs is 1. The molecule has 0 bridgehead atoms. The van der Waals surface area contributed by atoms with E-state index in [1.54, 1.807) is 6.92 Å². The number of carbonyl (C=O) groups excluding carboxylic acids is 3. The molecule has 29 heavy (non-hydrogen) atoms. The van der Waals surface area contributed by atoms with Gasteiger partial charge in [0.2, 0.25) is 0 Å². The quantitative estimate of drug-likeness (QED) is 0.327. The molecule has 0 aromatic rings. The first-order valence-electron chi connectivity index (χ1n) is 9.34. The molecule has 2 rings (SSSR count). The Labute approximate surface area is 168 Å². The summed E-state index contributed by atoms with van der Waals surface area (Å²) in [6.07, 6.45) is -4.80. The normalized spacial score (nSPS) is 35.2. The van der Waals surface area contributed by atoms with Gasteiger partial charge < -0.3 is 29.9 Å². The molecule has 0 heterocycles. The van der Waals surface area contributed by atoms with Crippen LogP contribution in [-0.2, 0) is 23.9 Å². The summed E-state index contributed by atoms with van der Waals surface area (Å²) in [6, 6.07) is 0. The first-order chi connectivity index (χ1) is 13.5. The van der Waals surface area contributed by atoms with Crippen LogP contribution in [-0.4, -0.2) is 76.3 Å². The number of carbonyl (C=O) groups is 3. The number of ether oxygens (including phenoxy) is 2. The Morgan fingerprint density at radius 1 is 1.28 bits per heavy atom. The molecule has 0 aromatic heterocycles. The summed E-state index contributed by atoms with van der Waals surface area (Å²) in [7, 11) is 1.13. The van der Waals surface area contributed by atoms with Crippen molar-refractivity contribution in [1.29, 1.82) is 0 Å². The van der Waals surface area contributed by atoms with E-state index in [9.17, 15) is 29.7 Å². The van der Waals surface area contributed by atoms with Crippen LogP contribution in [0.4, 0.5) is 0 Å². The van der Waals surface area contributed by atoms with Crippen LogP contribution in [0.2, 0.25) is 0 Å². The van der Waals surface area contributed by atoms with Crippen molar-refractivity contribution in [3.05, 3.63) is 24.3 Å². The smallest absolute Gasteiger partial charge is 0.336 e. The molecule has 162 valence electrons. The second-order valence-electron chi connectivity index (χ2n) is 7.91. The van der Waals surface area contributed by atoms with Crippen molar-refractivity contribution in [2.75, 3.05) is 13.7 Å². The fourth-order valence-electron chi connectivity index (χ4n) is 4.44. The van der Waals surface area contributed by atoms with Crippen LogP contribution in [0.1, 0.15) is 26.2 Å². The van der Waals surface area contributed by atoms with Crippen molar-refractivity contribution in [2.45, 2.75) is 50.6 Å². The van der Waals surface area contributed by atoms with Gasteiger partial charge in [-0.25, -0.2) is 9.59 Å². The minimum Gasteiger partial charge on any atom is -0.466 e. The Hall–Kier alpha value is -2.07. The third-order valence-electron chi connectivity index (χ3n) is 6.18. The topological polar surface area (TPSA) is 151 Å². The van der Waals surface area contributed by atoms with Crippen molar-refractivity contribution in [3.63, 3.8) is 0 Å². The number of hydrogen-bond donors (Lipinski definition) is 4. The van der Waals surface area contributed by atoms with Crippen molar-refractivity contribution in [1.82, 2.24) is 0 Å². The van der Waals surface area contributed by atoms with Crippen LogP contribution >= 0.6 is 0 Å². The van der Waals surface area contributed by atoms with Gasteiger partial charge in [-0.15, -0.1) is 0 Å². The van der Waals surface area contributed by atoms with Crippen molar-refractivity contribution < 1.29 is 44.3 Å². The molecular formula is C20H28O9. The van der Waals surface area contributed by atoms with Crippen molar-refractivity contribution in [2.24, 2.45) is 17.3 Å². The van der Waals surface area contributed by atoms with Crippen LogP contribution in [0.3, 0.4) is 0 Å². The average Bonchev–Trinajstić information content (AvgIpc) is 2.68. The standard InChI is InChI=1S/C20H28O9/c1-9(12(23)8-21)19(27)29-13-7-20(3)14(24)6-5-11(22)16(20)17(25)15(13)10(2)18(26)28-4/h12-17,21,23-25H,1-2,5-8H2,3-4H3/t12-,13+,14+,15+,16+,17+,20+/m0/s1. The number of rotatable bonds is 6. The maximum Gasteiger partial charge on any atom is 0.336 e. The Morgan fingerprint density at radius 3 is 2.45 bits per heavy atom. The molecule has 2 aliphatic rings. The molecule has 7 atom stereocenters. The molecule has 0 unspecified atom stereocenters. The van der Waals surface area contributed by atoms with E-state index in [0.29, 0.717) is 0 Å².